The molecule has 1 aromatic rings. The van der Waals surface area contributed by atoms with Crippen molar-refractivity contribution in [1.82, 2.24) is 9.55 Å². The van der Waals surface area contributed by atoms with Crippen molar-refractivity contribution >= 4 is 11.9 Å². The lowest BCUT2D eigenvalue weighted by Crippen LogP contribution is -2.33. The molecule has 1 aromatic heterocycles. The van der Waals surface area contributed by atoms with Crippen LogP contribution in [-0.2, 0) is 19.1 Å². The summed E-state index contributed by atoms with van der Waals surface area (Å²) < 4.78 is 12.3. The highest BCUT2D eigenvalue weighted by atomic mass is 16.6. The number of hydrogen-bond acceptors (Lipinski definition) is 6. The molecular weight excluding hydrogens is 320 g/mol. The third-order valence-corrected chi connectivity index (χ3v) is 3.86. The maximum Gasteiger partial charge on any atom is 0.330 e. The second-order valence-electron chi connectivity index (χ2n) is 5.67. The number of esters is 1. The van der Waals surface area contributed by atoms with Crippen LogP contribution in [0.15, 0.2) is 15.8 Å². The summed E-state index contributed by atoms with van der Waals surface area (Å²) in [5.74, 6) is -1.69. The number of aliphatic carboxylic acids is 1. The van der Waals surface area contributed by atoms with Crippen LogP contribution in [0.2, 0.25) is 0 Å². The van der Waals surface area contributed by atoms with Crippen LogP contribution in [0.25, 0.3) is 0 Å². The molecular formula is C15H20N2O7. The van der Waals surface area contributed by atoms with Gasteiger partial charge >= 0.3 is 17.6 Å². The number of aryl methyl sites for hydroxylation is 1. The number of hydrogen-bond donors (Lipinski definition) is 2. The van der Waals surface area contributed by atoms with Gasteiger partial charge in [0.15, 0.2) is 0 Å². The van der Waals surface area contributed by atoms with Gasteiger partial charge in [-0.25, -0.2) is 4.79 Å². The van der Waals surface area contributed by atoms with E-state index in [0.717, 1.165) is 0 Å². The fourth-order valence-electron chi connectivity index (χ4n) is 2.59. The molecule has 0 aliphatic carbocycles. The Labute approximate surface area is 137 Å². The molecule has 0 amide bonds. The van der Waals surface area contributed by atoms with Crippen LogP contribution >= 0.6 is 0 Å². The fourth-order valence-corrected chi connectivity index (χ4v) is 2.59. The van der Waals surface area contributed by atoms with Crippen LogP contribution in [0, 0.1) is 6.92 Å². The highest BCUT2D eigenvalue weighted by Gasteiger charge is 2.38. The quantitative estimate of drug-likeness (QED) is 0.714. The Kier molecular flexibility index (Phi) is 5.55. The molecule has 2 rings (SSSR count). The third kappa shape index (κ3) is 4.10. The molecule has 9 heteroatoms. The van der Waals surface area contributed by atoms with Crippen molar-refractivity contribution in [3.63, 3.8) is 0 Å². The summed E-state index contributed by atoms with van der Waals surface area (Å²) in [5.41, 5.74) is -0.686. The molecule has 132 valence electrons. The molecule has 3 atom stereocenters. The molecule has 0 spiro atoms. The summed E-state index contributed by atoms with van der Waals surface area (Å²) in [4.78, 5) is 47.8. The predicted molar refractivity (Wildman–Crippen MR) is 81.6 cm³/mol. The fraction of sp³-hybridized carbons (Fsp3) is 0.600. The molecule has 0 aromatic carbocycles. The van der Waals surface area contributed by atoms with E-state index in [1.807, 2.05) is 6.92 Å². The number of H-pyrrole nitrogens is 1. The number of nitrogens with one attached hydrogen (secondary N) is 1. The molecule has 2 heterocycles. The van der Waals surface area contributed by atoms with Gasteiger partial charge in [-0.05, 0) is 13.3 Å². The summed E-state index contributed by atoms with van der Waals surface area (Å²) in [6.07, 6.45) is 0.0783. The standard InChI is InChI=1S/C15H20N2O7/c1-3-9-10(24-13(20)5-4-12(18)19)6-11(23-9)17-7-8(2)14(21)16-15(17)22/h7,9-11H,3-6H2,1-2H3,(H,18,19)(H,16,21,22)/t9-,10?,11-/m1/s1. The molecule has 0 saturated carbocycles. The van der Waals surface area contributed by atoms with Crippen LogP contribution in [-0.4, -0.2) is 38.8 Å². The first-order valence-corrected chi connectivity index (χ1v) is 7.70. The molecule has 1 unspecified atom stereocenters. The first-order valence-electron chi connectivity index (χ1n) is 7.70. The number of nitrogens with zero attached hydrogens (tertiary/aromatic N) is 1. The number of carboxylic acids is 1. The lowest BCUT2D eigenvalue weighted by molar-refractivity contribution is -0.154. The summed E-state index contributed by atoms with van der Waals surface area (Å²) in [6, 6.07) is 0. The average Bonchev–Trinajstić information content (AvgIpc) is 2.91. The largest absolute Gasteiger partial charge is 0.481 e. The normalized spacial score (nSPS) is 23.2. The Hall–Kier alpha value is -2.42. The Morgan fingerprint density at radius 1 is 1.42 bits per heavy atom. The Balaban J connectivity index is 2.10. The zero-order valence-corrected chi connectivity index (χ0v) is 13.5. The second kappa shape index (κ2) is 7.43. The van der Waals surface area contributed by atoms with Crippen molar-refractivity contribution in [2.24, 2.45) is 0 Å². The first kappa shape index (κ1) is 17.9. The van der Waals surface area contributed by atoms with Crippen LogP contribution < -0.4 is 11.2 Å². The minimum Gasteiger partial charge on any atom is -0.481 e. The topological polar surface area (TPSA) is 128 Å². The minimum atomic E-state index is -1.07. The highest BCUT2D eigenvalue weighted by molar-refractivity contribution is 5.76. The number of carboxylic acid groups (broad SMARTS) is 1. The van der Waals surface area contributed by atoms with Gasteiger partial charge in [0, 0.05) is 18.2 Å². The number of rotatable bonds is 6. The molecule has 1 saturated heterocycles. The molecule has 0 bridgehead atoms. The van der Waals surface area contributed by atoms with Crippen LogP contribution in [0.3, 0.4) is 0 Å². The molecule has 0 radical (unpaired) electrons. The van der Waals surface area contributed by atoms with Gasteiger partial charge in [0.2, 0.25) is 0 Å². The zero-order chi connectivity index (χ0) is 17.9. The number of aromatic nitrogens is 2. The SMILES string of the molecule is CC[C@H]1O[C@@H](n2cc(C)c(=O)[nH]c2=O)CC1OC(=O)CCC(=O)O. The van der Waals surface area contributed by atoms with Crippen molar-refractivity contribution in [1.29, 1.82) is 0 Å². The number of aromatic amines is 1. The van der Waals surface area contributed by atoms with Crippen molar-refractivity contribution < 1.29 is 24.2 Å². The lowest BCUT2D eigenvalue weighted by atomic mass is 10.1. The zero-order valence-electron chi connectivity index (χ0n) is 13.5. The molecule has 2 N–H and O–H groups in total. The lowest BCUT2D eigenvalue weighted by Gasteiger charge is -2.17. The van der Waals surface area contributed by atoms with E-state index in [4.69, 9.17) is 14.6 Å². The van der Waals surface area contributed by atoms with Gasteiger partial charge in [0.1, 0.15) is 12.3 Å². The Morgan fingerprint density at radius 2 is 2.12 bits per heavy atom. The summed E-state index contributed by atoms with van der Waals surface area (Å²) >= 11 is 0. The molecule has 1 aliphatic heterocycles. The van der Waals surface area contributed by atoms with E-state index in [0.29, 0.717) is 12.0 Å². The molecule has 9 nitrogen and oxygen atoms in total. The molecule has 1 fully saturated rings. The maximum absolute atomic E-state index is 11.9. The highest BCUT2D eigenvalue weighted by Crippen LogP contribution is 2.31. The van der Waals surface area contributed by atoms with Crippen molar-refractivity contribution in [3.8, 4) is 0 Å². The summed E-state index contributed by atoms with van der Waals surface area (Å²) in [6.45, 7) is 3.43. The van der Waals surface area contributed by atoms with E-state index in [1.54, 1.807) is 6.92 Å². The Morgan fingerprint density at radius 3 is 2.75 bits per heavy atom. The third-order valence-electron chi connectivity index (χ3n) is 3.86. The minimum absolute atomic E-state index is 0.218. The van der Waals surface area contributed by atoms with Gasteiger partial charge in [-0.3, -0.25) is 23.9 Å². The predicted octanol–water partition coefficient (Wildman–Crippen LogP) is 0.319. The van der Waals surface area contributed by atoms with E-state index in [9.17, 15) is 19.2 Å². The molecule has 1 aliphatic rings. The number of ether oxygens (including phenoxy) is 2. The van der Waals surface area contributed by atoms with Crippen molar-refractivity contribution in [2.75, 3.05) is 0 Å². The number of carbonyl (C=O) groups excluding carboxylic acids is 1. The van der Waals surface area contributed by atoms with Crippen molar-refractivity contribution in [2.45, 2.75) is 58.0 Å². The smallest absolute Gasteiger partial charge is 0.330 e. The van der Waals surface area contributed by atoms with E-state index >= 15 is 0 Å². The van der Waals surface area contributed by atoms with E-state index in [2.05, 4.69) is 4.98 Å². The average molecular weight is 340 g/mol. The maximum atomic E-state index is 11.9. The van der Waals surface area contributed by atoms with Gasteiger partial charge < -0.3 is 14.6 Å². The van der Waals surface area contributed by atoms with Gasteiger partial charge in [-0.1, -0.05) is 6.92 Å². The van der Waals surface area contributed by atoms with Gasteiger partial charge in [0.25, 0.3) is 5.56 Å². The van der Waals surface area contributed by atoms with Crippen LogP contribution in [0.1, 0.15) is 44.4 Å². The summed E-state index contributed by atoms with van der Waals surface area (Å²) in [5, 5.41) is 8.59. The monoisotopic (exact) mass is 340 g/mol. The van der Waals surface area contributed by atoms with E-state index in [-0.39, 0.29) is 19.3 Å². The van der Waals surface area contributed by atoms with Gasteiger partial charge in [-0.15, -0.1) is 0 Å². The molecule has 24 heavy (non-hydrogen) atoms. The Bertz CT molecular complexity index is 736. The van der Waals surface area contributed by atoms with Crippen LogP contribution in [0.4, 0.5) is 0 Å². The van der Waals surface area contributed by atoms with Crippen molar-refractivity contribution in [3.05, 3.63) is 32.6 Å². The number of carbonyl (C=O) groups is 2. The summed E-state index contributed by atoms with van der Waals surface area (Å²) in [7, 11) is 0. The van der Waals surface area contributed by atoms with E-state index < -0.39 is 41.6 Å². The first-order chi connectivity index (χ1) is 11.3. The van der Waals surface area contributed by atoms with Crippen LogP contribution in [0.5, 0.6) is 0 Å². The second-order valence-corrected chi connectivity index (χ2v) is 5.67. The van der Waals surface area contributed by atoms with Gasteiger partial charge in [0.05, 0.1) is 18.9 Å². The van der Waals surface area contributed by atoms with Gasteiger partial charge in [-0.2, -0.15) is 0 Å². The van der Waals surface area contributed by atoms with E-state index in [1.165, 1.54) is 10.8 Å².